The zero-order valence-electron chi connectivity index (χ0n) is 9.48. The Hall–Kier alpha value is -1.26. The second kappa shape index (κ2) is 3.12. The predicted octanol–water partition coefficient (Wildman–Crippen LogP) is 2.38. The van der Waals surface area contributed by atoms with Crippen molar-refractivity contribution < 1.29 is 0 Å². The van der Waals surface area contributed by atoms with Crippen molar-refractivity contribution in [2.45, 2.75) is 26.7 Å². The van der Waals surface area contributed by atoms with E-state index < -0.39 is 4.76 Å². The van der Waals surface area contributed by atoms with E-state index in [0.717, 1.165) is 17.0 Å². The van der Waals surface area contributed by atoms with E-state index in [-0.39, 0.29) is 0 Å². The van der Waals surface area contributed by atoms with Gasteiger partial charge in [0, 0.05) is 11.8 Å². The van der Waals surface area contributed by atoms with Gasteiger partial charge in [-0.1, -0.05) is 18.9 Å². The molecule has 2 heterocycles. The van der Waals surface area contributed by atoms with E-state index in [4.69, 9.17) is 0 Å². The molecule has 0 aromatic carbocycles. The van der Waals surface area contributed by atoms with Gasteiger partial charge >= 0.3 is 0 Å². The highest BCUT2D eigenvalue weighted by Crippen LogP contribution is 2.37. The van der Waals surface area contributed by atoms with Crippen LogP contribution in [0.15, 0.2) is 17.4 Å². The summed E-state index contributed by atoms with van der Waals surface area (Å²) in [6.07, 6.45) is 1.75. The molecule has 1 aromatic heterocycles. The minimum atomic E-state index is -0.678. The molecular formula is C11H15N3O. The number of fused-ring (bicyclic) bond motifs is 1. The van der Waals surface area contributed by atoms with Crippen LogP contribution in [0.2, 0.25) is 0 Å². The van der Waals surface area contributed by atoms with Crippen molar-refractivity contribution in [2.75, 3.05) is 7.05 Å². The Morgan fingerprint density at radius 1 is 1.40 bits per heavy atom. The standard InChI is InChI=1S/C11H15N3O/c1-7(2)9-5-6-12-10-8(3)13-14(4,15)11(9)10/h5-7H,1-4H3. The third kappa shape index (κ3) is 1.46. The molecule has 0 amide bonds. The summed E-state index contributed by atoms with van der Waals surface area (Å²) in [5, 5.41) is 16.2. The molecule has 4 nitrogen and oxygen atoms in total. The fourth-order valence-electron chi connectivity index (χ4n) is 2.02. The van der Waals surface area contributed by atoms with Crippen LogP contribution >= 0.6 is 0 Å². The lowest BCUT2D eigenvalue weighted by Crippen LogP contribution is -2.30. The topological polar surface area (TPSA) is 48.3 Å². The SMILES string of the molecule is CC1=N[N+](C)([O-])c2c(C(C)C)ccnc21. The zero-order chi connectivity index (χ0) is 11.2. The van der Waals surface area contributed by atoms with Gasteiger partial charge in [0.05, 0.1) is 7.05 Å². The van der Waals surface area contributed by atoms with Crippen LogP contribution in [-0.4, -0.2) is 17.7 Å². The van der Waals surface area contributed by atoms with Crippen molar-refractivity contribution >= 4 is 11.4 Å². The molecule has 0 aliphatic carbocycles. The van der Waals surface area contributed by atoms with E-state index >= 15 is 0 Å². The third-order valence-electron chi connectivity index (χ3n) is 2.68. The van der Waals surface area contributed by atoms with Gasteiger partial charge in [-0.3, -0.25) is 0 Å². The number of pyridine rings is 1. The Morgan fingerprint density at radius 2 is 2.07 bits per heavy atom. The van der Waals surface area contributed by atoms with Gasteiger partial charge in [0.25, 0.3) is 0 Å². The van der Waals surface area contributed by atoms with Crippen LogP contribution in [-0.2, 0) is 0 Å². The lowest BCUT2D eigenvalue weighted by molar-refractivity contribution is 0.480. The second-order valence-corrected chi connectivity index (χ2v) is 4.32. The lowest BCUT2D eigenvalue weighted by Gasteiger charge is -2.29. The van der Waals surface area contributed by atoms with Gasteiger partial charge in [-0.2, -0.15) is 4.76 Å². The van der Waals surface area contributed by atoms with E-state index in [0.29, 0.717) is 11.6 Å². The monoisotopic (exact) mass is 205 g/mol. The molecule has 80 valence electrons. The molecular weight excluding hydrogens is 190 g/mol. The Labute approximate surface area is 89.4 Å². The van der Waals surface area contributed by atoms with Crippen molar-refractivity contribution in [2.24, 2.45) is 5.10 Å². The molecule has 15 heavy (non-hydrogen) atoms. The molecule has 0 fully saturated rings. The van der Waals surface area contributed by atoms with Gasteiger partial charge in [-0.05, 0) is 18.9 Å². The van der Waals surface area contributed by atoms with Crippen molar-refractivity contribution in [1.29, 1.82) is 0 Å². The normalized spacial score (nSPS) is 24.3. The molecule has 0 spiro atoms. The minimum absolute atomic E-state index is 0.314. The van der Waals surface area contributed by atoms with Crippen LogP contribution in [0, 0.1) is 5.21 Å². The van der Waals surface area contributed by atoms with Crippen LogP contribution in [0.1, 0.15) is 37.9 Å². The highest BCUT2D eigenvalue weighted by molar-refractivity contribution is 6.05. The fourth-order valence-corrected chi connectivity index (χ4v) is 2.02. The molecule has 1 aromatic rings. The zero-order valence-corrected chi connectivity index (χ0v) is 9.48. The van der Waals surface area contributed by atoms with E-state index in [9.17, 15) is 5.21 Å². The van der Waals surface area contributed by atoms with Crippen molar-refractivity contribution in [1.82, 2.24) is 9.74 Å². The van der Waals surface area contributed by atoms with E-state index in [1.54, 1.807) is 13.2 Å². The van der Waals surface area contributed by atoms with Crippen LogP contribution in [0.3, 0.4) is 0 Å². The van der Waals surface area contributed by atoms with E-state index in [1.807, 2.05) is 13.0 Å². The summed E-state index contributed by atoms with van der Waals surface area (Å²) >= 11 is 0. The largest absolute Gasteiger partial charge is 0.600 e. The number of hydrogen-bond donors (Lipinski definition) is 0. The summed E-state index contributed by atoms with van der Waals surface area (Å²) in [4.78, 5) is 4.23. The summed E-state index contributed by atoms with van der Waals surface area (Å²) in [6, 6.07) is 1.91. The summed E-state index contributed by atoms with van der Waals surface area (Å²) in [5.74, 6) is 0.314. The summed E-state index contributed by atoms with van der Waals surface area (Å²) in [7, 11) is 1.54. The van der Waals surface area contributed by atoms with Gasteiger partial charge in [-0.25, -0.2) is 4.98 Å². The molecule has 1 unspecified atom stereocenters. The van der Waals surface area contributed by atoms with Crippen LogP contribution in [0.5, 0.6) is 0 Å². The Morgan fingerprint density at radius 3 is 2.67 bits per heavy atom. The van der Waals surface area contributed by atoms with Crippen molar-refractivity contribution in [3.05, 3.63) is 28.7 Å². The Bertz CT molecular complexity index is 435. The smallest absolute Gasteiger partial charge is 0.190 e. The predicted molar refractivity (Wildman–Crippen MR) is 61.6 cm³/mol. The van der Waals surface area contributed by atoms with Crippen LogP contribution < -0.4 is 4.76 Å². The first-order chi connectivity index (χ1) is 6.93. The average Bonchev–Trinajstić information content (AvgIpc) is 2.37. The van der Waals surface area contributed by atoms with Gasteiger partial charge in [0.15, 0.2) is 11.4 Å². The molecule has 2 rings (SSSR count). The second-order valence-electron chi connectivity index (χ2n) is 4.32. The fraction of sp³-hybridized carbons (Fsp3) is 0.455. The van der Waals surface area contributed by atoms with Gasteiger partial charge < -0.3 is 5.21 Å². The number of nitrogens with zero attached hydrogens (tertiary/aromatic N) is 3. The molecule has 4 heteroatoms. The average molecular weight is 205 g/mol. The maximum absolute atomic E-state index is 12.2. The number of quaternary nitrogens is 1. The van der Waals surface area contributed by atoms with E-state index in [2.05, 4.69) is 23.9 Å². The quantitative estimate of drug-likeness (QED) is 0.522. The number of rotatable bonds is 1. The lowest BCUT2D eigenvalue weighted by atomic mass is 10.0. The molecule has 0 saturated heterocycles. The highest BCUT2D eigenvalue weighted by Gasteiger charge is 2.33. The summed E-state index contributed by atoms with van der Waals surface area (Å²) < 4.78 is -0.678. The summed E-state index contributed by atoms with van der Waals surface area (Å²) in [5.41, 5.74) is 3.21. The van der Waals surface area contributed by atoms with Crippen molar-refractivity contribution in [3.8, 4) is 0 Å². The molecule has 1 aliphatic heterocycles. The Kier molecular flexibility index (Phi) is 2.13. The molecule has 0 N–H and O–H groups in total. The van der Waals surface area contributed by atoms with Gasteiger partial charge in [0.1, 0.15) is 5.71 Å². The first-order valence-electron chi connectivity index (χ1n) is 5.07. The maximum Gasteiger partial charge on any atom is 0.190 e. The van der Waals surface area contributed by atoms with Crippen LogP contribution in [0.4, 0.5) is 5.69 Å². The highest BCUT2D eigenvalue weighted by atomic mass is 16.6. The first kappa shape index (κ1) is 10.3. The molecule has 0 radical (unpaired) electrons. The summed E-state index contributed by atoms with van der Waals surface area (Å²) in [6.45, 7) is 5.98. The maximum atomic E-state index is 12.2. The molecule has 1 aliphatic rings. The first-order valence-corrected chi connectivity index (χ1v) is 5.07. The van der Waals surface area contributed by atoms with E-state index in [1.165, 1.54) is 0 Å². The number of hydroxylamine groups is 1. The molecule has 0 saturated carbocycles. The Balaban J connectivity index is 2.70. The van der Waals surface area contributed by atoms with Gasteiger partial charge in [-0.15, -0.1) is 0 Å². The van der Waals surface area contributed by atoms with Crippen molar-refractivity contribution in [3.63, 3.8) is 0 Å². The molecule has 1 atom stereocenters. The molecule has 0 bridgehead atoms. The third-order valence-corrected chi connectivity index (χ3v) is 2.68. The van der Waals surface area contributed by atoms with Crippen LogP contribution in [0.25, 0.3) is 0 Å². The number of hydrogen-bond acceptors (Lipinski definition) is 3. The van der Waals surface area contributed by atoms with Gasteiger partial charge in [0.2, 0.25) is 0 Å². The minimum Gasteiger partial charge on any atom is -0.600 e. The number of aromatic nitrogens is 1.